The van der Waals surface area contributed by atoms with Crippen molar-refractivity contribution in [3.05, 3.63) is 0 Å². The third-order valence-corrected chi connectivity index (χ3v) is 3.74. The minimum atomic E-state index is -3.13. The number of hydrogen-bond donors (Lipinski definition) is 0. The Kier molecular flexibility index (Phi) is 3.66. The number of nitriles is 9. The molecule has 0 fully saturated rings. The normalized spacial score (nSPS) is 20.0. The summed E-state index contributed by atoms with van der Waals surface area (Å²) in [5.41, 5.74) is -13.2. The molecule has 1 aliphatic heterocycles. The fourth-order valence-corrected chi connectivity index (χ4v) is 2.43. The highest BCUT2D eigenvalue weighted by molar-refractivity contribution is 6.10. The summed E-state index contributed by atoms with van der Waals surface area (Å²) in [6.07, 6.45) is 0. The van der Waals surface area contributed by atoms with Gasteiger partial charge in [0.25, 0.3) is 5.54 Å². The quantitative estimate of drug-likeness (QED) is 0.578. The molecule has 10 nitrogen and oxygen atoms in total. The molecule has 0 aromatic rings. The molecule has 0 spiro atoms. The molecule has 0 aromatic heterocycles. The summed E-state index contributed by atoms with van der Waals surface area (Å²) in [5, 5.41) is 84.5. The van der Waals surface area contributed by atoms with E-state index in [-0.39, 0.29) is 0 Å². The van der Waals surface area contributed by atoms with Gasteiger partial charge in [-0.15, -0.1) is 0 Å². The fourth-order valence-electron chi connectivity index (χ4n) is 2.43. The van der Waals surface area contributed by atoms with Crippen LogP contribution in [0.15, 0.2) is 4.99 Å². The third kappa shape index (κ3) is 1.27. The molecule has 1 rings (SSSR count). The zero-order valence-corrected chi connectivity index (χ0v) is 11.5. The summed E-state index contributed by atoms with van der Waals surface area (Å²) < 4.78 is 0. The minimum absolute atomic E-state index is 1.07. The summed E-state index contributed by atoms with van der Waals surface area (Å²) in [7, 11) is 0. The molecule has 0 amide bonds. The van der Waals surface area contributed by atoms with Crippen LogP contribution in [0.5, 0.6) is 0 Å². The van der Waals surface area contributed by atoms with Crippen LogP contribution in [-0.4, -0.2) is 11.3 Å². The highest BCUT2D eigenvalue weighted by Gasteiger charge is 2.81. The molecule has 0 unspecified atom stereocenters. The van der Waals surface area contributed by atoms with Crippen molar-refractivity contribution < 1.29 is 0 Å². The Balaban J connectivity index is 4.53. The van der Waals surface area contributed by atoms with E-state index < -0.39 is 27.5 Å². The molecular formula is C14N10. The lowest BCUT2D eigenvalue weighted by Crippen LogP contribution is -2.65. The van der Waals surface area contributed by atoms with Crippen molar-refractivity contribution >= 4 is 5.71 Å². The van der Waals surface area contributed by atoms with Gasteiger partial charge in [0, 0.05) is 0 Å². The summed E-state index contributed by atoms with van der Waals surface area (Å²) >= 11 is 0. The Hall–Kier alpha value is -4.92. The molecular weight excluding hydrogens is 308 g/mol. The van der Waals surface area contributed by atoms with Crippen molar-refractivity contribution in [3.63, 3.8) is 0 Å². The molecule has 0 aromatic carbocycles. The van der Waals surface area contributed by atoms with Gasteiger partial charge >= 0.3 is 0 Å². The van der Waals surface area contributed by atoms with E-state index in [1.165, 1.54) is 54.6 Å². The van der Waals surface area contributed by atoms with Crippen molar-refractivity contribution in [2.45, 2.75) is 5.54 Å². The van der Waals surface area contributed by atoms with Gasteiger partial charge in [0.15, 0.2) is 5.71 Å². The van der Waals surface area contributed by atoms with E-state index >= 15 is 0 Å². The maximum Gasteiger partial charge on any atom is 0.267 e. The van der Waals surface area contributed by atoms with Gasteiger partial charge in [-0.25, -0.2) is 4.99 Å². The van der Waals surface area contributed by atoms with Gasteiger partial charge in [0.05, 0.1) is 36.4 Å². The maximum atomic E-state index is 9.51. The lowest BCUT2D eigenvalue weighted by molar-refractivity contribution is 0.165. The van der Waals surface area contributed by atoms with Crippen LogP contribution in [-0.2, 0) is 0 Å². The van der Waals surface area contributed by atoms with Crippen LogP contribution in [0.3, 0.4) is 0 Å². The minimum Gasteiger partial charge on any atom is -0.236 e. The second kappa shape index (κ2) is 5.13. The predicted octanol–water partition coefficient (Wildman–Crippen LogP) is -0.149. The van der Waals surface area contributed by atoms with Crippen molar-refractivity contribution in [1.29, 1.82) is 47.4 Å². The number of nitrogens with zero attached hydrogens (tertiary/aromatic N) is 10. The first kappa shape index (κ1) is 17.1. The Bertz CT molecular complexity index is 973. The average Bonchev–Trinajstić information content (AvgIpc) is 2.65. The Morgan fingerprint density at radius 3 is 1.21 bits per heavy atom. The van der Waals surface area contributed by atoms with Crippen LogP contribution in [0.1, 0.15) is 0 Å². The molecule has 1 aliphatic rings. The smallest absolute Gasteiger partial charge is 0.236 e. The SMILES string of the molecule is N#CC1=NC(C#N)(C#N)C(C#N)(C#N)C(C#N)(C#N)C1(C#N)C#N. The zero-order chi connectivity index (χ0) is 18.6. The van der Waals surface area contributed by atoms with Gasteiger partial charge in [-0.3, -0.25) is 0 Å². The molecule has 0 bridgehead atoms. The van der Waals surface area contributed by atoms with E-state index in [0.717, 1.165) is 0 Å². The first-order valence-electron chi connectivity index (χ1n) is 5.71. The van der Waals surface area contributed by atoms with Gasteiger partial charge < -0.3 is 0 Å². The molecule has 10 heteroatoms. The van der Waals surface area contributed by atoms with Gasteiger partial charge in [0.2, 0.25) is 16.2 Å². The third-order valence-electron chi connectivity index (χ3n) is 3.74. The molecule has 0 aliphatic carbocycles. The molecule has 1 heterocycles. The van der Waals surface area contributed by atoms with Crippen molar-refractivity contribution in [2.75, 3.05) is 0 Å². The molecule has 0 radical (unpaired) electrons. The van der Waals surface area contributed by atoms with E-state index in [4.69, 9.17) is 5.26 Å². The summed E-state index contributed by atoms with van der Waals surface area (Å²) in [5.74, 6) is 0. The number of rotatable bonds is 0. The zero-order valence-electron chi connectivity index (χ0n) is 11.5. The van der Waals surface area contributed by atoms with Crippen LogP contribution in [0.4, 0.5) is 0 Å². The number of hydrogen-bond acceptors (Lipinski definition) is 10. The molecule has 0 N–H and O–H groups in total. The number of aliphatic imine (C=N–C) groups is 1. The van der Waals surface area contributed by atoms with E-state index in [1.807, 2.05) is 0 Å². The second-order valence-corrected chi connectivity index (χ2v) is 4.43. The average molecular weight is 308 g/mol. The highest BCUT2D eigenvalue weighted by Crippen LogP contribution is 2.60. The highest BCUT2D eigenvalue weighted by atomic mass is 15.0. The monoisotopic (exact) mass is 308 g/mol. The first-order valence-corrected chi connectivity index (χ1v) is 5.71. The van der Waals surface area contributed by atoms with Crippen LogP contribution >= 0.6 is 0 Å². The van der Waals surface area contributed by atoms with Crippen LogP contribution in [0, 0.1) is 118 Å². The van der Waals surface area contributed by atoms with E-state index in [1.54, 1.807) is 0 Å². The lowest BCUT2D eigenvalue weighted by atomic mass is 9.45. The molecule has 0 saturated heterocycles. The van der Waals surface area contributed by atoms with E-state index in [9.17, 15) is 42.1 Å². The van der Waals surface area contributed by atoms with Crippen molar-refractivity contribution in [1.82, 2.24) is 0 Å². The summed E-state index contributed by atoms with van der Waals surface area (Å²) in [6.45, 7) is 0. The van der Waals surface area contributed by atoms with E-state index in [2.05, 4.69) is 4.99 Å². The van der Waals surface area contributed by atoms with Crippen LogP contribution < -0.4 is 0 Å². The van der Waals surface area contributed by atoms with Gasteiger partial charge in [-0.1, -0.05) is 0 Å². The van der Waals surface area contributed by atoms with Crippen LogP contribution in [0.25, 0.3) is 0 Å². The predicted molar refractivity (Wildman–Crippen MR) is 68.0 cm³/mol. The van der Waals surface area contributed by atoms with Crippen molar-refractivity contribution in [3.8, 4) is 54.6 Å². The molecule has 0 atom stereocenters. The van der Waals surface area contributed by atoms with Gasteiger partial charge in [0.1, 0.15) is 18.2 Å². The van der Waals surface area contributed by atoms with Gasteiger partial charge in [-0.05, 0) is 0 Å². The van der Waals surface area contributed by atoms with Gasteiger partial charge in [-0.2, -0.15) is 47.4 Å². The first-order chi connectivity index (χ1) is 11.4. The fraction of sp³-hybridized carbons (Fsp3) is 0.286. The van der Waals surface area contributed by atoms with E-state index in [0.29, 0.717) is 0 Å². The molecule has 106 valence electrons. The molecule has 24 heavy (non-hydrogen) atoms. The Labute approximate surface area is 135 Å². The summed E-state index contributed by atoms with van der Waals surface area (Å²) in [4.78, 5) is 3.39. The Morgan fingerprint density at radius 2 is 0.958 bits per heavy atom. The van der Waals surface area contributed by atoms with Crippen molar-refractivity contribution in [2.24, 2.45) is 21.2 Å². The van der Waals surface area contributed by atoms with Crippen LogP contribution in [0.2, 0.25) is 0 Å². The maximum absolute atomic E-state index is 9.51. The summed E-state index contributed by atoms with van der Waals surface area (Å²) in [6, 6.07) is 11.4. The largest absolute Gasteiger partial charge is 0.267 e. The Morgan fingerprint density at radius 1 is 0.542 bits per heavy atom. The topological polar surface area (TPSA) is 226 Å². The second-order valence-electron chi connectivity index (χ2n) is 4.43. The molecule has 0 saturated carbocycles. The lowest BCUT2D eigenvalue weighted by Gasteiger charge is -2.45. The standard InChI is InChI=1S/C14N10/c15-1-10-11(2-16,3-17)12(4-18,5-19)13(6-20,7-21)14(8-22,9-23)24-10.